The average molecular weight is 223 g/mol. The third-order valence-corrected chi connectivity index (χ3v) is 4.67. The van der Waals surface area contributed by atoms with Crippen molar-refractivity contribution in [1.82, 2.24) is 5.32 Å². The molecule has 0 saturated heterocycles. The maximum atomic E-state index is 3.71. The molecule has 2 rings (SSSR count). The lowest BCUT2D eigenvalue weighted by atomic mass is 9.81. The van der Waals surface area contributed by atoms with Crippen LogP contribution in [0, 0.1) is 11.8 Å². The van der Waals surface area contributed by atoms with Gasteiger partial charge in [0.05, 0.1) is 0 Å². The van der Waals surface area contributed by atoms with E-state index in [0.29, 0.717) is 0 Å². The fourth-order valence-electron chi connectivity index (χ4n) is 3.35. The van der Waals surface area contributed by atoms with Crippen LogP contribution in [0.3, 0.4) is 0 Å². The lowest BCUT2D eigenvalue weighted by Crippen LogP contribution is -2.31. The third kappa shape index (κ3) is 4.08. The van der Waals surface area contributed by atoms with E-state index in [4.69, 9.17) is 0 Å². The van der Waals surface area contributed by atoms with Crippen molar-refractivity contribution in [2.75, 3.05) is 6.54 Å². The van der Waals surface area contributed by atoms with Gasteiger partial charge in [-0.05, 0) is 44.6 Å². The van der Waals surface area contributed by atoms with E-state index in [1.807, 2.05) is 0 Å². The van der Waals surface area contributed by atoms with Crippen molar-refractivity contribution in [3.05, 3.63) is 0 Å². The Morgan fingerprint density at radius 1 is 1.00 bits per heavy atom. The van der Waals surface area contributed by atoms with Crippen LogP contribution >= 0.6 is 0 Å². The standard InChI is InChI=1S/C15H29N/c1-13(12-15-8-4-9-15)16-11-5-10-14-6-2-3-7-14/h13-16H,2-12H2,1H3. The molecule has 1 N–H and O–H groups in total. The van der Waals surface area contributed by atoms with Crippen LogP contribution in [-0.2, 0) is 0 Å². The Bertz CT molecular complexity index is 180. The van der Waals surface area contributed by atoms with Gasteiger partial charge >= 0.3 is 0 Å². The van der Waals surface area contributed by atoms with Gasteiger partial charge in [0.15, 0.2) is 0 Å². The predicted octanol–water partition coefficient (Wildman–Crippen LogP) is 4.13. The molecule has 0 amide bonds. The summed E-state index contributed by atoms with van der Waals surface area (Å²) in [5.41, 5.74) is 0. The summed E-state index contributed by atoms with van der Waals surface area (Å²) in [6, 6.07) is 0.758. The van der Waals surface area contributed by atoms with Crippen molar-refractivity contribution in [3.63, 3.8) is 0 Å². The van der Waals surface area contributed by atoms with E-state index in [2.05, 4.69) is 12.2 Å². The molecule has 94 valence electrons. The van der Waals surface area contributed by atoms with Crippen LogP contribution in [0.25, 0.3) is 0 Å². The van der Waals surface area contributed by atoms with E-state index in [1.165, 1.54) is 70.8 Å². The molecule has 1 heteroatoms. The van der Waals surface area contributed by atoms with Gasteiger partial charge in [-0.15, -0.1) is 0 Å². The summed E-state index contributed by atoms with van der Waals surface area (Å²) in [6.45, 7) is 3.62. The molecule has 0 aromatic heterocycles. The molecule has 2 aliphatic carbocycles. The van der Waals surface area contributed by atoms with Crippen molar-refractivity contribution in [1.29, 1.82) is 0 Å². The van der Waals surface area contributed by atoms with Gasteiger partial charge in [0.25, 0.3) is 0 Å². The summed E-state index contributed by atoms with van der Waals surface area (Å²) in [7, 11) is 0. The molecule has 0 radical (unpaired) electrons. The highest BCUT2D eigenvalue weighted by Gasteiger charge is 2.19. The zero-order valence-electron chi connectivity index (χ0n) is 11.0. The fourth-order valence-corrected chi connectivity index (χ4v) is 3.35. The largest absolute Gasteiger partial charge is 0.314 e. The van der Waals surface area contributed by atoms with E-state index in [9.17, 15) is 0 Å². The van der Waals surface area contributed by atoms with Gasteiger partial charge in [-0.3, -0.25) is 0 Å². The van der Waals surface area contributed by atoms with Gasteiger partial charge in [0.1, 0.15) is 0 Å². The molecule has 2 fully saturated rings. The normalized spacial score (nSPS) is 24.6. The van der Waals surface area contributed by atoms with Crippen LogP contribution in [0.5, 0.6) is 0 Å². The highest BCUT2D eigenvalue weighted by Crippen LogP contribution is 2.30. The minimum atomic E-state index is 0.758. The predicted molar refractivity (Wildman–Crippen MR) is 70.6 cm³/mol. The number of nitrogens with one attached hydrogen (secondary N) is 1. The first-order chi connectivity index (χ1) is 7.84. The highest BCUT2D eigenvalue weighted by molar-refractivity contribution is 4.75. The summed E-state index contributed by atoms with van der Waals surface area (Å²) in [5.74, 6) is 2.13. The maximum Gasteiger partial charge on any atom is 0.00413 e. The van der Waals surface area contributed by atoms with E-state index < -0.39 is 0 Å². The summed E-state index contributed by atoms with van der Waals surface area (Å²) in [5, 5.41) is 3.71. The van der Waals surface area contributed by atoms with Crippen LogP contribution in [0.15, 0.2) is 0 Å². The Morgan fingerprint density at radius 3 is 2.31 bits per heavy atom. The van der Waals surface area contributed by atoms with Crippen molar-refractivity contribution in [3.8, 4) is 0 Å². The summed E-state index contributed by atoms with van der Waals surface area (Å²) >= 11 is 0. The van der Waals surface area contributed by atoms with Gasteiger partial charge in [0.2, 0.25) is 0 Å². The lowest BCUT2D eigenvalue weighted by Gasteiger charge is -2.28. The van der Waals surface area contributed by atoms with Crippen LogP contribution in [0.4, 0.5) is 0 Å². The van der Waals surface area contributed by atoms with Crippen LogP contribution in [0.1, 0.15) is 71.1 Å². The molecule has 1 nitrogen and oxygen atoms in total. The van der Waals surface area contributed by atoms with Crippen LogP contribution in [0.2, 0.25) is 0 Å². The minimum Gasteiger partial charge on any atom is -0.314 e. The van der Waals surface area contributed by atoms with E-state index >= 15 is 0 Å². The molecule has 0 aromatic rings. The maximum absolute atomic E-state index is 3.71. The van der Waals surface area contributed by atoms with Gasteiger partial charge in [0, 0.05) is 6.04 Å². The van der Waals surface area contributed by atoms with E-state index in [1.54, 1.807) is 0 Å². The summed E-state index contributed by atoms with van der Waals surface area (Å²) in [6.07, 6.45) is 14.8. The number of hydrogen-bond donors (Lipinski definition) is 1. The monoisotopic (exact) mass is 223 g/mol. The van der Waals surface area contributed by atoms with Gasteiger partial charge in [-0.2, -0.15) is 0 Å². The van der Waals surface area contributed by atoms with Crippen LogP contribution < -0.4 is 5.32 Å². The molecular weight excluding hydrogens is 194 g/mol. The second-order valence-corrected chi connectivity index (χ2v) is 6.18. The SMILES string of the molecule is CC(CC1CCC1)NCCCC1CCCC1. The zero-order valence-corrected chi connectivity index (χ0v) is 11.0. The zero-order chi connectivity index (χ0) is 11.2. The molecular formula is C15H29N. The molecule has 16 heavy (non-hydrogen) atoms. The summed E-state index contributed by atoms with van der Waals surface area (Å²) < 4.78 is 0. The summed E-state index contributed by atoms with van der Waals surface area (Å²) in [4.78, 5) is 0. The van der Waals surface area contributed by atoms with Crippen molar-refractivity contribution in [2.45, 2.75) is 77.2 Å². The molecule has 1 atom stereocenters. The van der Waals surface area contributed by atoms with Crippen molar-refractivity contribution >= 4 is 0 Å². The smallest absolute Gasteiger partial charge is 0.00413 e. The van der Waals surface area contributed by atoms with Gasteiger partial charge < -0.3 is 5.32 Å². The van der Waals surface area contributed by atoms with Crippen molar-refractivity contribution in [2.24, 2.45) is 11.8 Å². The quantitative estimate of drug-likeness (QED) is 0.640. The molecule has 0 aliphatic heterocycles. The molecule has 0 aromatic carbocycles. The second-order valence-electron chi connectivity index (χ2n) is 6.18. The number of rotatable bonds is 7. The van der Waals surface area contributed by atoms with Crippen molar-refractivity contribution < 1.29 is 0 Å². The Morgan fingerprint density at radius 2 is 1.69 bits per heavy atom. The topological polar surface area (TPSA) is 12.0 Å². The van der Waals surface area contributed by atoms with E-state index in [-0.39, 0.29) is 0 Å². The Labute approximate surface area is 101 Å². The molecule has 2 aliphatic rings. The molecule has 0 heterocycles. The molecule has 2 saturated carbocycles. The highest BCUT2D eigenvalue weighted by atomic mass is 14.9. The lowest BCUT2D eigenvalue weighted by molar-refractivity contribution is 0.265. The first kappa shape index (κ1) is 12.4. The first-order valence-electron chi connectivity index (χ1n) is 7.58. The fraction of sp³-hybridized carbons (Fsp3) is 1.00. The second kappa shape index (κ2) is 6.64. The molecule has 0 spiro atoms. The average Bonchev–Trinajstić information content (AvgIpc) is 2.71. The molecule has 1 unspecified atom stereocenters. The Balaban J connectivity index is 1.43. The molecule has 0 bridgehead atoms. The van der Waals surface area contributed by atoms with Crippen LogP contribution in [-0.4, -0.2) is 12.6 Å². The first-order valence-corrected chi connectivity index (χ1v) is 7.58. The third-order valence-electron chi connectivity index (χ3n) is 4.67. The Kier molecular flexibility index (Phi) is 5.15. The van der Waals surface area contributed by atoms with Gasteiger partial charge in [-0.25, -0.2) is 0 Å². The Hall–Kier alpha value is -0.0400. The number of hydrogen-bond acceptors (Lipinski definition) is 1. The minimum absolute atomic E-state index is 0.758. The van der Waals surface area contributed by atoms with Gasteiger partial charge in [-0.1, -0.05) is 44.9 Å². The van der Waals surface area contributed by atoms with E-state index in [0.717, 1.165) is 17.9 Å².